The smallest absolute Gasteiger partial charge is 0.410 e. The third-order valence-electron chi connectivity index (χ3n) is 6.41. The molecule has 2 N–H and O–H groups in total. The lowest BCUT2D eigenvalue weighted by molar-refractivity contribution is 0.0242. The lowest BCUT2D eigenvalue weighted by Gasteiger charge is -2.35. The predicted molar refractivity (Wildman–Crippen MR) is 143 cm³/mol. The van der Waals surface area contributed by atoms with Crippen LogP contribution >= 0.6 is 0 Å². The van der Waals surface area contributed by atoms with Gasteiger partial charge in [-0.15, -0.1) is 0 Å². The first kappa shape index (κ1) is 29.9. The lowest BCUT2D eigenvalue weighted by Crippen LogP contribution is -2.52. The van der Waals surface area contributed by atoms with E-state index in [-0.39, 0.29) is 54.0 Å². The van der Waals surface area contributed by atoms with Crippen molar-refractivity contribution in [2.75, 3.05) is 31.6 Å². The molecule has 1 saturated heterocycles. The van der Waals surface area contributed by atoms with Crippen molar-refractivity contribution in [2.45, 2.75) is 49.8 Å². The monoisotopic (exact) mass is 568 g/mol. The number of sulfone groups is 1. The van der Waals surface area contributed by atoms with E-state index in [4.69, 9.17) is 4.74 Å². The van der Waals surface area contributed by atoms with E-state index in [1.54, 1.807) is 0 Å². The highest BCUT2D eigenvalue weighted by atomic mass is 32.2. The molecule has 12 heteroatoms. The van der Waals surface area contributed by atoms with Crippen LogP contribution in [0.5, 0.6) is 5.75 Å². The number of aliphatic hydroxyl groups excluding tert-OH is 1. The Kier molecular flexibility index (Phi) is 9.80. The minimum atomic E-state index is -4.03. The molecule has 1 aliphatic heterocycles. The topological polar surface area (TPSA) is 142 Å². The number of sulfonamides is 1. The maximum absolute atomic E-state index is 13.5. The number of likely N-dealkylation sites (N-methyl/N-ethyl adjacent to an activating group) is 1. The van der Waals surface area contributed by atoms with Gasteiger partial charge in [0.15, 0.2) is 9.84 Å². The number of aromatic hydroxyl groups is 1. The lowest BCUT2D eigenvalue weighted by atomic mass is 10.00. The summed E-state index contributed by atoms with van der Waals surface area (Å²) in [7, 11) is -5.84. The van der Waals surface area contributed by atoms with Crippen LogP contribution in [0.25, 0.3) is 0 Å². The number of aliphatic hydroxyl groups is 1. The van der Waals surface area contributed by atoms with E-state index in [1.807, 2.05) is 44.2 Å². The Balaban J connectivity index is 1.86. The Morgan fingerprint density at radius 3 is 2.26 bits per heavy atom. The molecule has 0 radical (unpaired) electrons. The minimum Gasteiger partial charge on any atom is -0.508 e. The molecule has 3 rings (SSSR count). The van der Waals surface area contributed by atoms with E-state index >= 15 is 0 Å². The molecule has 38 heavy (non-hydrogen) atoms. The molecule has 2 aromatic rings. The molecule has 1 amide bonds. The summed E-state index contributed by atoms with van der Waals surface area (Å²) >= 11 is 0. The fourth-order valence-electron chi connectivity index (χ4n) is 4.38. The SMILES string of the molecule is CC(C)CN(CC(O)C(Cc1ccccc1)N(C)C(=O)OC1CCS(=O)(=O)C1)S(=O)(=O)c1ccc(O)cc1. The Morgan fingerprint density at radius 1 is 1.08 bits per heavy atom. The number of nitrogens with zero attached hydrogens (tertiary/aromatic N) is 2. The van der Waals surface area contributed by atoms with Crippen molar-refractivity contribution >= 4 is 26.0 Å². The number of carbonyl (C=O) groups is 1. The Hall–Kier alpha value is -2.67. The maximum Gasteiger partial charge on any atom is 0.410 e. The summed E-state index contributed by atoms with van der Waals surface area (Å²) in [5.74, 6) is -0.429. The fourth-order valence-corrected chi connectivity index (χ4v) is 7.59. The molecule has 0 spiro atoms. The molecule has 1 heterocycles. The molecule has 10 nitrogen and oxygen atoms in total. The van der Waals surface area contributed by atoms with Gasteiger partial charge >= 0.3 is 6.09 Å². The summed E-state index contributed by atoms with van der Waals surface area (Å²) in [5, 5.41) is 21.0. The first-order valence-electron chi connectivity index (χ1n) is 12.4. The third-order valence-corrected chi connectivity index (χ3v) is 9.99. The number of rotatable bonds is 11. The first-order chi connectivity index (χ1) is 17.8. The van der Waals surface area contributed by atoms with Crippen LogP contribution in [0.3, 0.4) is 0 Å². The van der Waals surface area contributed by atoms with E-state index in [9.17, 15) is 31.8 Å². The molecule has 2 aromatic carbocycles. The number of hydrogen-bond donors (Lipinski definition) is 2. The van der Waals surface area contributed by atoms with Gasteiger partial charge in [-0.25, -0.2) is 21.6 Å². The summed E-state index contributed by atoms with van der Waals surface area (Å²) in [6.45, 7) is 3.53. The fraction of sp³-hybridized carbons (Fsp3) is 0.500. The number of carbonyl (C=O) groups excluding carboxylic acids is 1. The van der Waals surface area contributed by atoms with Crippen molar-refractivity contribution in [1.82, 2.24) is 9.21 Å². The molecule has 3 atom stereocenters. The van der Waals surface area contributed by atoms with Gasteiger partial charge in [0.25, 0.3) is 0 Å². The van der Waals surface area contributed by atoms with E-state index in [1.165, 1.54) is 40.5 Å². The van der Waals surface area contributed by atoms with Crippen LogP contribution in [-0.2, 0) is 31.0 Å². The molecule has 3 unspecified atom stereocenters. The largest absolute Gasteiger partial charge is 0.508 e. The number of benzene rings is 2. The predicted octanol–water partition coefficient (Wildman–Crippen LogP) is 2.27. The van der Waals surface area contributed by atoms with Crippen molar-refractivity contribution in [1.29, 1.82) is 0 Å². The standard InChI is InChI=1S/C26H36N2O8S2/c1-19(2)16-28(38(34,35)23-11-9-21(29)10-12-23)17-25(30)24(15-20-7-5-4-6-8-20)27(3)26(31)36-22-13-14-37(32,33)18-22/h4-12,19,22,24-25,29-30H,13-18H2,1-3H3. The average molecular weight is 569 g/mol. The molecule has 1 aliphatic rings. The quantitative estimate of drug-likeness (QED) is 0.421. The average Bonchev–Trinajstić information content (AvgIpc) is 3.20. The molecule has 0 bridgehead atoms. The van der Waals surface area contributed by atoms with E-state index < -0.39 is 44.2 Å². The van der Waals surface area contributed by atoms with Crippen molar-refractivity contribution < 1.29 is 36.6 Å². The van der Waals surface area contributed by atoms with Gasteiger partial charge in [0.1, 0.15) is 11.9 Å². The number of phenolic OH excluding ortho intramolecular Hbond substituents is 1. The second-order valence-corrected chi connectivity index (χ2v) is 14.2. The molecular weight excluding hydrogens is 532 g/mol. The van der Waals surface area contributed by atoms with Crippen LogP contribution < -0.4 is 0 Å². The Bertz CT molecular complexity index is 1280. The zero-order valence-electron chi connectivity index (χ0n) is 21.8. The number of amides is 1. The van der Waals surface area contributed by atoms with Gasteiger partial charge in [0.05, 0.1) is 28.5 Å². The van der Waals surface area contributed by atoms with Gasteiger partial charge in [-0.3, -0.25) is 0 Å². The van der Waals surface area contributed by atoms with Crippen LogP contribution in [-0.4, -0.2) is 92.2 Å². The zero-order chi connectivity index (χ0) is 28.1. The Morgan fingerprint density at radius 2 is 1.71 bits per heavy atom. The maximum atomic E-state index is 13.5. The van der Waals surface area contributed by atoms with Gasteiger partial charge in [0, 0.05) is 20.1 Å². The van der Waals surface area contributed by atoms with Crippen LogP contribution in [0.2, 0.25) is 0 Å². The van der Waals surface area contributed by atoms with Gasteiger partial charge in [0.2, 0.25) is 10.0 Å². The summed E-state index contributed by atoms with van der Waals surface area (Å²) in [6.07, 6.45) is -2.43. The van der Waals surface area contributed by atoms with Crippen LogP contribution in [0, 0.1) is 5.92 Å². The van der Waals surface area contributed by atoms with Gasteiger partial charge in [-0.1, -0.05) is 44.2 Å². The van der Waals surface area contributed by atoms with Crippen LogP contribution in [0.1, 0.15) is 25.8 Å². The van der Waals surface area contributed by atoms with Gasteiger partial charge in [-0.2, -0.15) is 4.31 Å². The summed E-state index contributed by atoms with van der Waals surface area (Å²) < 4.78 is 57.1. The molecule has 0 aliphatic carbocycles. The van der Waals surface area contributed by atoms with E-state index in [2.05, 4.69) is 0 Å². The van der Waals surface area contributed by atoms with Gasteiger partial charge < -0.3 is 19.8 Å². The normalized spacial score (nSPS) is 18.8. The third kappa shape index (κ3) is 7.92. The van der Waals surface area contributed by atoms with E-state index in [0.29, 0.717) is 0 Å². The first-order valence-corrected chi connectivity index (χ1v) is 15.7. The highest BCUT2D eigenvalue weighted by Gasteiger charge is 2.36. The number of ether oxygens (including phenoxy) is 1. The zero-order valence-corrected chi connectivity index (χ0v) is 23.4. The Labute approximate surface area is 224 Å². The van der Waals surface area contributed by atoms with Crippen molar-refractivity contribution in [3.8, 4) is 5.75 Å². The van der Waals surface area contributed by atoms with E-state index in [0.717, 1.165) is 5.56 Å². The van der Waals surface area contributed by atoms with Crippen molar-refractivity contribution in [3.05, 3.63) is 60.2 Å². The van der Waals surface area contributed by atoms with Crippen LogP contribution in [0.15, 0.2) is 59.5 Å². The minimum absolute atomic E-state index is 0.0297. The number of hydrogen-bond acceptors (Lipinski definition) is 8. The highest BCUT2D eigenvalue weighted by molar-refractivity contribution is 7.91. The molecule has 0 saturated carbocycles. The molecular formula is C26H36N2O8S2. The van der Waals surface area contributed by atoms with Crippen molar-refractivity contribution in [3.63, 3.8) is 0 Å². The summed E-state index contributed by atoms with van der Waals surface area (Å²) in [6, 6.07) is 13.4. The molecule has 210 valence electrons. The van der Waals surface area contributed by atoms with Crippen LogP contribution in [0.4, 0.5) is 4.79 Å². The molecule has 1 fully saturated rings. The molecule has 0 aromatic heterocycles. The summed E-state index contributed by atoms with van der Waals surface area (Å²) in [4.78, 5) is 14.2. The van der Waals surface area contributed by atoms with Gasteiger partial charge in [-0.05, 0) is 48.6 Å². The van der Waals surface area contributed by atoms with Crippen molar-refractivity contribution in [2.24, 2.45) is 5.92 Å². The summed E-state index contributed by atoms with van der Waals surface area (Å²) in [5.41, 5.74) is 0.816. The highest BCUT2D eigenvalue weighted by Crippen LogP contribution is 2.23. The number of phenols is 1. The second kappa shape index (κ2) is 12.5. The second-order valence-electron chi connectivity index (χ2n) is 10.1.